The SMILES string of the molecule is CCc1nc2c(cnn2CC)c(NC2CCOCC2)c1CNC(=O)CCC(=O)NCc1ccc(Cl)c(-c2cccc(CN3CCN(C)CC3)c2)c1. The van der Waals surface area contributed by atoms with Gasteiger partial charge in [0.15, 0.2) is 5.65 Å². The van der Waals surface area contributed by atoms with E-state index in [1.807, 2.05) is 29.1 Å². The fraction of sp³-hybridized carbons (Fsp3) is 0.487. The Bertz CT molecular complexity index is 1810. The molecule has 0 bridgehead atoms. The van der Waals surface area contributed by atoms with Crippen molar-refractivity contribution in [2.45, 2.75) is 78.2 Å². The number of hydrogen-bond donors (Lipinski definition) is 3. The van der Waals surface area contributed by atoms with E-state index in [0.717, 1.165) is 116 Å². The number of fused-ring (bicyclic) bond motifs is 1. The van der Waals surface area contributed by atoms with E-state index < -0.39 is 0 Å². The first kappa shape index (κ1) is 36.8. The van der Waals surface area contributed by atoms with Gasteiger partial charge in [-0.3, -0.25) is 14.5 Å². The Labute approximate surface area is 306 Å². The molecule has 0 radical (unpaired) electrons. The Hall–Kier alpha value is -4.03. The van der Waals surface area contributed by atoms with Gasteiger partial charge in [0.2, 0.25) is 11.8 Å². The van der Waals surface area contributed by atoms with Crippen molar-refractivity contribution in [3.63, 3.8) is 0 Å². The van der Waals surface area contributed by atoms with E-state index in [2.05, 4.69) is 76.0 Å². The number of pyridine rings is 1. The van der Waals surface area contributed by atoms with Crippen LogP contribution in [0.15, 0.2) is 48.7 Å². The molecule has 2 aromatic heterocycles. The van der Waals surface area contributed by atoms with Gasteiger partial charge >= 0.3 is 0 Å². The number of piperazine rings is 1. The Kier molecular flexibility index (Phi) is 12.6. The molecule has 2 aromatic carbocycles. The Morgan fingerprint density at radius 2 is 1.69 bits per heavy atom. The number of amides is 2. The second kappa shape index (κ2) is 17.5. The van der Waals surface area contributed by atoms with E-state index in [-0.39, 0.29) is 30.7 Å². The summed E-state index contributed by atoms with van der Waals surface area (Å²) in [4.78, 5) is 35.7. The van der Waals surface area contributed by atoms with Crippen LogP contribution < -0.4 is 16.0 Å². The molecule has 11 nitrogen and oxygen atoms in total. The molecule has 51 heavy (non-hydrogen) atoms. The summed E-state index contributed by atoms with van der Waals surface area (Å²) in [6.45, 7) is 12.2. The van der Waals surface area contributed by atoms with E-state index in [0.29, 0.717) is 18.1 Å². The molecule has 6 rings (SSSR count). The van der Waals surface area contributed by atoms with E-state index in [1.165, 1.54) is 5.56 Å². The molecule has 0 aliphatic carbocycles. The van der Waals surface area contributed by atoms with Crippen molar-refractivity contribution in [3.8, 4) is 11.1 Å². The summed E-state index contributed by atoms with van der Waals surface area (Å²) in [6.07, 6.45) is 4.58. The van der Waals surface area contributed by atoms with Crippen LogP contribution in [0, 0.1) is 0 Å². The maximum atomic E-state index is 13.0. The molecule has 0 atom stereocenters. The van der Waals surface area contributed by atoms with Crippen LogP contribution >= 0.6 is 11.6 Å². The van der Waals surface area contributed by atoms with Gasteiger partial charge in [0, 0.05) is 106 Å². The molecule has 2 saturated heterocycles. The van der Waals surface area contributed by atoms with E-state index in [1.54, 1.807) is 0 Å². The van der Waals surface area contributed by atoms with Crippen molar-refractivity contribution in [2.24, 2.45) is 0 Å². The molecule has 2 aliphatic rings. The molecule has 0 saturated carbocycles. The number of ether oxygens (including phenoxy) is 1. The maximum absolute atomic E-state index is 13.0. The summed E-state index contributed by atoms with van der Waals surface area (Å²) in [7, 11) is 2.17. The first-order valence-corrected chi connectivity index (χ1v) is 18.7. The lowest BCUT2D eigenvalue weighted by Gasteiger charge is -2.32. The lowest BCUT2D eigenvalue weighted by Crippen LogP contribution is -2.43. The number of hydrogen-bond acceptors (Lipinski definition) is 8. The van der Waals surface area contributed by atoms with Crippen LogP contribution in [0.3, 0.4) is 0 Å². The van der Waals surface area contributed by atoms with Gasteiger partial charge in [0.05, 0.1) is 17.3 Å². The number of rotatable bonds is 14. The van der Waals surface area contributed by atoms with Crippen molar-refractivity contribution in [2.75, 3.05) is 51.8 Å². The monoisotopic (exact) mass is 714 g/mol. The third-order valence-corrected chi connectivity index (χ3v) is 10.3. The third-order valence-electron chi connectivity index (χ3n) is 9.98. The lowest BCUT2D eigenvalue weighted by atomic mass is 10.0. The maximum Gasteiger partial charge on any atom is 0.220 e. The molecule has 2 aliphatic heterocycles. The highest BCUT2D eigenvalue weighted by atomic mass is 35.5. The van der Waals surface area contributed by atoms with Gasteiger partial charge in [-0.1, -0.05) is 42.8 Å². The van der Waals surface area contributed by atoms with Crippen molar-refractivity contribution in [1.82, 2.24) is 35.2 Å². The van der Waals surface area contributed by atoms with Gasteiger partial charge < -0.3 is 25.6 Å². The number of halogens is 1. The zero-order valence-corrected chi connectivity index (χ0v) is 30.9. The van der Waals surface area contributed by atoms with Gasteiger partial charge in [-0.05, 0) is 68.1 Å². The Morgan fingerprint density at radius 1 is 0.941 bits per heavy atom. The molecule has 2 amide bonds. The second-order valence-electron chi connectivity index (χ2n) is 13.6. The minimum Gasteiger partial charge on any atom is -0.381 e. The zero-order valence-electron chi connectivity index (χ0n) is 30.1. The van der Waals surface area contributed by atoms with Gasteiger partial charge in [0.25, 0.3) is 0 Å². The molecule has 4 heterocycles. The number of nitrogens with one attached hydrogen (secondary N) is 3. The number of benzene rings is 2. The van der Waals surface area contributed by atoms with Gasteiger partial charge in [-0.15, -0.1) is 0 Å². The molecule has 0 unspecified atom stereocenters. The van der Waals surface area contributed by atoms with Crippen LogP contribution in [0.4, 0.5) is 5.69 Å². The fourth-order valence-corrected chi connectivity index (χ4v) is 7.12. The number of carbonyl (C=O) groups excluding carboxylic acids is 2. The van der Waals surface area contributed by atoms with Crippen LogP contribution in [0.2, 0.25) is 5.02 Å². The van der Waals surface area contributed by atoms with Crippen molar-refractivity contribution in [3.05, 3.63) is 76.1 Å². The van der Waals surface area contributed by atoms with Gasteiger partial charge in [-0.2, -0.15) is 5.10 Å². The number of nitrogens with zero attached hydrogens (tertiary/aromatic N) is 5. The normalized spacial score (nSPS) is 16.0. The Morgan fingerprint density at radius 3 is 2.41 bits per heavy atom. The third kappa shape index (κ3) is 9.45. The predicted molar refractivity (Wildman–Crippen MR) is 203 cm³/mol. The number of aromatic nitrogens is 3. The number of carbonyl (C=O) groups is 2. The average molecular weight is 715 g/mol. The van der Waals surface area contributed by atoms with Crippen LogP contribution in [0.25, 0.3) is 22.2 Å². The molecule has 4 aromatic rings. The molecule has 2 fully saturated rings. The summed E-state index contributed by atoms with van der Waals surface area (Å²) in [6, 6.07) is 14.7. The lowest BCUT2D eigenvalue weighted by molar-refractivity contribution is -0.126. The summed E-state index contributed by atoms with van der Waals surface area (Å²) in [5, 5.41) is 16.0. The minimum atomic E-state index is -0.182. The minimum absolute atomic E-state index is 0.0887. The van der Waals surface area contributed by atoms with Crippen LogP contribution in [0.1, 0.15) is 61.9 Å². The second-order valence-corrected chi connectivity index (χ2v) is 14.0. The standard InChI is InChI=1S/C39H51ClN8O3/c1-4-35-32(38(44-30-13-19-51-20-14-30)33-25-43-48(5-2)39(33)45-35)24-42-37(50)12-11-36(49)41-23-27-9-10-34(40)31(22-27)29-8-6-7-28(21-29)26-47-17-15-46(3)16-18-47/h6-10,21-22,25,30H,4-5,11-20,23-24,26H2,1-3H3,(H,41,49)(H,42,50)(H,44,45). The van der Waals surface area contributed by atoms with E-state index in [4.69, 9.17) is 21.3 Å². The molecule has 0 spiro atoms. The van der Waals surface area contributed by atoms with E-state index >= 15 is 0 Å². The smallest absolute Gasteiger partial charge is 0.220 e. The number of likely N-dealkylation sites (N-methyl/N-ethyl adjacent to an activating group) is 1. The fourth-order valence-electron chi connectivity index (χ4n) is 6.90. The highest BCUT2D eigenvalue weighted by Crippen LogP contribution is 2.32. The van der Waals surface area contributed by atoms with Crippen LogP contribution in [0.5, 0.6) is 0 Å². The first-order valence-electron chi connectivity index (χ1n) is 18.3. The van der Waals surface area contributed by atoms with Crippen molar-refractivity contribution < 1.29 is 14.3 Å². The van der Waals surface area contributed by atoms with Gasteiger partial charge in [0.1, 0.15) is 0 Å². The van der Waals surface area contributed by atoms with Crippen LogP contribution in [-0.2, 0) is 46.9 Å². The number of anilines is 1. The van der Waals surface area contributed by atoms with Crippen molar-refractivity contribution in [1.29, 1.82) is 0 Å². The topological polar surface area (TPSA) is 117 Å². The average Bonchev–Trinajstić information content (AvgIpc) is 3.57. The Balaban J connectivity index is 1.03. The molecular weight excluding hydrogens is 664 g/mol. The largest absolute Gasteiger partial charge is 0.381 e. The van der Waals surface area contributed by atoms with Crippen molar-refractivity contribution >= 4 is 40.1 Å². The molecule has 3 N–H and O–H groups in total. The highest BCUT2D eigenvalue weighted by Gasteiger charge is 2.22. The quantitative estimate of drug-likeness (QED) is 0.159. The predicted octanol–water partition coefficient (Wildman–Crippen LogP) is 5.39. The first-order chi connectivity index (χ1) is 24.8. The summed E-state index contributed by atoms with van der Waals surface area (Å²) >= 11 is 6.66. The number of aryl methyl sites for hydroxylation is 2. The zero-order chi connectivity index (χ0) is 35.7. The summed E-state index contributed by atoms with van der Waals surface area (Å²) < 4.78 is 7.48. The molecule has 12 heteroatoms. The summed E-state index contributed by atoms with van der Waals surface area (Å²) in [5.74, 6) is -0.360. The molecular formula is C39H51ClN8O3. The summed E-state index contributed by atoms with van der Waals surface area (Å²) in [5.41, 5.74) is 7.92. The van der Waals surface area contributed by atoms with E-state index in [9.17, 15) is 9.59 Å². The van der Waals surface area contributed by atoms with Gasteiger partial charge in [-0.25, -0.2) is 9.67 Å². The van der Waals surface area contributed by atoms with Crippen LogP contribution in [-0.4, -0.2) is 88.9 Å². The highest BCUT2D eigenvalue weighted by molar-refractivity contribution is 6.33. The molecule has 272 valence electrons.